The predicted molar refractivity (Wildman–Crippen MR) is 146 cm³/mol. The number of halogens is 1. The maximum Gasteiger partial charge on any atom is 0.323 e. The summed E-state index contributed by atoms with van der Waals surface area (Å²) in [6.45, 7) is 2.25. The van der Waals surface area contributed by atoms with Gasteiger partial charge in [-0.25, -0.2) is 4.79 Å². The maximum atomic E-state index is 13.1. The van der Waals surface area contributed by atoms with Crippen molar-refractivity contribution >= 4 is 35.8 Å². The number of pyridine rings is 2. The minimum Gasteiger partial charge on any atom is -0.481 e. The topological polar surface area (TPSA) is 113 Å². The van der Waals surface area contributed by atoms with E-state index in [-0.39, 0.29) is 36.3 Å². The molecule has 4 aromatic rings. The van der Waals surface area contributed by atoms with Crippen molar-refractivity contribution in [3.8, 4) is 11.3 Å². The number of aromatic nitrogens is 2. The molecular weight excluding hydrogens is 492 g/mol. The van der Waals surface area contributed by atoms with Crippen LogP contribution in [0.1, 0.15) is 30.4 Å². The van der Waals surface area contributed by atoms with Crippen molar-refractivity contribution in [2.45, 2.75) is 25.8 Å². The molecular formula is C28H27ClN4O4. The summed E-state index contributed by atoms with van der Waals surface area (Å²) in [7, 11) is 0. The van der Waals surface area contributed by atoms with Crippen LogP contribution in [0.15, 0.2) is 96.1 Å². The Bertz CT molecular complexity index is 1410. The van der Waals surface area contributed by atoms with Gasteiger partial charge in [0.15, 0.2) is 0 Å². The van der Waals surface area contributed by atoms with Crippen LogP contribution >= 0.6 is 12.4 Å². The Morgan fingerprint density at radius 2 is 1.62 bits per heavy atom. The molecule has 0 saturated heterocycles. The number of hydrogen-bond acceptors (Lipinski definition) is 4. The van der Waals surface area contributed by atoms with E-state index in [9.17, 15) is 14.4 Å². The number of benzene rings is 2. The SMILES string of the molecule is C[C@H](CC(=O)O)c1ccc(Cn2cccc(-c3ccc(NC(=O)Nc4ccccc4)cn3)c2=O)cc1.Cl. The third-order valence-electron chi connectivity index (χ3n) is 5.73. The molecule has 3 N–H and O–H groups in total. The molecule has 0 aliphatic rings. The van der Waals surface area contributed by atoms with Gasteiger partial charge in [0.25, 0.3) is 5.56 Å². The minimum atomic E-state index is -0.831. The zero-order valence-electron chi connectivity index (χ0n) is 20.1. The van der Waals surface area contributed by atoms with E-state index in [0.29, 0.717) is 29.2 Å². The molecule has 4 rings (SSSR count). The van der Waals surface area contributed by atoms with Crippen molar-refractivity contribution in [1.29, 1.82) is 0 Å². The van der Waals surface area contributed by atoms with Gasteiger partial charge in [-0.2, -0.15) is 0 Å². The number of carboxylic acids is 1. The van der Waals surface area contributed by atoms with Gasteiger partial charge in [-0.05, 0) is 53.4 Å². The molecule has 9 heteroatoms. The second-order valence-corrected chi connectivity index (χ2v) is 8.47. The van der Waals surface area contributed by atoms with Gasteiger partial charge >= 0.3 is 12.0 Å². The van der Waals surface area contributed by atoms with Crippen molar-refractivity contribution in [1.82, 2.24) is 9.55 Å². The van der Waals surface area contributed by atoms with Crippen LogP contribution < -0.4 is 16.2 Å². The highest BCUT2D eigenvalue weighted by Gasteiger charge is 2.11. The van der Waals surface area contributed by atoms with E-state index < -0.39 is 5.97 Å². The van der Waals surface area contributed by atoms with E-state index in [0.717, 1.165) is 11.1 Å². The summed E-state index contributed by atoms with van der Waals surface area (Å²) in [4.78, 5) is 40.6. The zero-order chi connectivity index (χ0) is 25.5. The van der Waals surface area contributed by atoms with Gasteiger partial charge in [0, 0.05) is 11.9 Å². The van der Waals surface area contributed by atoms with Crippen molar-refractivity contribution in [2.75, 3.05) is 10.6 Å². The molecule has 1 atom stereocenters. The Morgan fingerprint density at radius 3 is 2.27 bits per heavy atom. The average molecular weight is 519 g/mol. The molecule has 190 valence electrons. The lowest BCUT2D eigenvalue weighted by Gasteiger charge is -2.12. The fourth-order valence-electron chi connectivity index (χ4n) is 3.83. The van der Waals surface area contributed by atoms with Crippen LogP contribution in [0.3, 0.4) is 0 Å². The van der Waals surface area contributed by atoms with Gasteiger partial charge < -0.3 is 20.3 Å². The van der Waals surface area contributed by atoms with E-state index in [1.807, 2.05) is 49.4 Å². The molecule has 0 saturated carbocycles. The van der Waals surface area contributed by atoms with Gasteiger partial charge in [0.1, 0.15) is 0 Å². The summed E-state index contributed by atoms with van der Waals surface area (Å²) in [6.07, 6.45) is 3.30. The maximum absolute atomic E-state index is 13.1. The summed E-state index contributed by atoms with van der Waals surface area (Å²) >= 11 is 0. The highest BCUT2D eigenvalue weighted by Crippen LogP contribution is 2.20. The third-order valence-corrected chi connectivity index (χ3v) is 5.73. The minimum absolute atomic E-state index is 0. The van der Waals surface area contributed by atoms with E-state index in [1.54, 1.807) is 47.2 Å². The van der Waals surface area contributed by atoms with Crippen molar-refractivity contribution in [2.24, 2.45) is 0 Å². The number of carboxylic acid groups (broad SMARTS) is 1. The summed E-state index contributed by atoms with van der Waals surface area (Å²) in [5.74, 6) is -0.918. The molecule has 2 aromatic heterocycles. The highest BCUT2D eigenvalue weighted by atomic mass is 35.5. The van der Waals surface area contributed by atoms with Crippen molar-refractivity contribution in [3.63, 3.8) is 0 Å². The molecule has 0 bridgehead atoms. The molecule has 37 heavy (non-hydrogen) atoms. The number of nitrogens with one attached hydrogen (secondary N) is 2. The fourth-order valence-corrected chi connectivity index (χ4v) is 3.83. The summed E-state index contributed by atoms with van der Waals surface area (Å²) < 4.78 is 1.60. The third kappa shape index (κ3) is 7.28. The number of carbonyl (C=O) groups excluding carboxylic acids is 1. The molecule has 2 amide bonds. The van der Waals surface area contributed by atoms with Crippen molar-refractivity contribution in [3.05, 3.63) is 113 Å². The van der Waals surface area contributed by atoms with Gasteiger partial charge in [0.2, 0.25) is 0 Å². The van der Waals surface area contributed by atoms with E-state index in [2.05, 4.69) is 15.6 Å². The normalized spacial score (nSPS) is 11.2. The lowest BCUT2D eigenvalue weighted by atomic mass is 9.97. The molecule has 0 unspecified atom stereocenters. The number of para-hydroxylation sites is 1. The quantitative estimate of drug-likeness (QED) is 0.281. The molecule has 0 radical (unpaired) electrons. The van der Waals surface area contributed by atoms with Crippen LogP contribution in [0.4, 0.5) is 16.2 Å². The lowest BCUT2D eigenvalue weighted by molar-refractivity contribution is -0.137. The lowest BCUT2D eigenvalue weighted by Crippen LogP contribution is -2.22. The number of hydrogen-bond donors (Lipinski definition) is 3. The van der Waals surface area contributed by atoms with Crippen LogP contribution in [-0.2, 0) is 11.3 Å². The number of rotatable bonds is 8. The summed E-state index contributed by atoms with van der Waals surface area (Å²) in [5, 5.41) is 14.4. The highest BCUT2D eigenvalue weighted by molar-refractivity contribution is 5.99. The second-order valence-electron chi connectivity index (χ2n) is 8.47. The second kappa shape index (κ2) is 12.5. The summed E-state index contributed by atoms with van der Waals surface area (Å²) in [6, 6.07) is 23.2. The first-order valence-corrected chi connectivity index (χ1v) is 11.5. The molecule has 0 aliphatic heterocycles. The molecule has 2 heterocycles. The van der Waals surface area contributed by atoms with Crippen LogP contribution in [-0.4, -0.2) is 26.7 Å². The first-order valence-electron chi connectivity index (χ1n) is 11.5. The molecule has 0 aliphatic carbocycles. The van der Waals surface area contributed by atoms with Crippen LogP contribution in [0, 0.1) is 0 Å². The number of anilines is 2. The van der Waals surface area contributed by atoms with Crippen LogP contribution in [0.25, 0.3) is 11.3 Å². The molecule has 0 spiro atoms. The van der Waals surface area contributed by atoms with Gasteiger partial charge in [-0.3, -0.25) is 14.6 Å². The van der Waals surface area contributed by atoms with E-state index >= 15 is 0 Å². The fraction of sp³-hybridized carbons (Fsp3) is 0.143. The number of urea groups is 1. The predicted octanol–water partition coefficient (Wildman–Crippen LogP) is 5.60. The Kier molecular flexibility index (Phi) is 9.18. The first kappa shape index (κ1) is 27.2. The van der Waals surface area contributed by atoms with Gasteiger partial charge in [-0.15, -0.1) is 12.4 Å². The average Bonchev–Trinajstić information content (AvgIpc) is 2.86. The number of nitrogens with zero attached hydrogens (tertiary/aromatic N) is 2. The Labute approximate surface area is 220 Å². The molecule has 8 nitrogen and oxygen atoms in total. The number of amides is 2. The summed E-state index contributed by atoms with van der Waals surface area (Å²) in [5.41, 5.74) is 3.81. The first-order chi connectivity index (χ1) is 17.4. The van der Waals surface area contributed by atoms with Crippen LogP contribution in [0.2, 0.25) is 0 Å². The standard InChI is InChI=1S/C28H26N4O4.ClH/c1-19(16-26(33)34)21-11-9-20(10-12-21)18-32-15-5-8-24(27(32)35)25-14-13-23(17-29-25)31-28(36)30-22-6-3-2-4-7-22;/h2-15,17,19H,16,18H2,1H3,(H,33,34)(H2,30,31,36);1H/t19-;/m1./s1. The monoisotopic (exact) mass is 518 g/mol. The Hall–Kier alpha value is -4.43. The van der Waals surface area contributed by atoms with Crippen LogP contribution in [0.5, 0.6) is 0 Å². The smallest absolute Gasteiger partial charge is 0.323 e. The van der Waals surface area contributed by atoms with Crippen molar-refractivity contribution < 1.29 is 14.7 Å². The Morgan fingerprint density at radius 1 is 0.919 bits per heavy atom. The number of aliphatic carboxylic acids is 1. The molecule has 0 fully saturated rings. The van der Waals surface area contributed by atoms with E-state index in [4.69, 9.17) is 5.11 Å². The van der Waals surface area contributed by atoms with Gasteiger partial charge in [-0.1, -0.05) is 49.4 Å². The van der Waals surface area contributed by atoms with E-state index in [1.165, 1.54) is 6.20 Å². The number of carbonyl (C=O) groups is 2. The zero-order valence-corrected chi connectivity index (χ0v) is 20.9. The largest absolute Gasteiger partial charge is 0.481 e. The molecule has 2 aromatic carbocycles. The van der Waals surface area contributed by atoms with Gasteiger partial charge in [0.05, 0.1) is 36.1 Å². The Balaban J connectivity index is 0.00000380.